The lowest BCUT2D eigenvalue weighted by Gasteiger charge is -2.16. The van der Waals surface area contributed by atoms with Crippen molar-refractivity contribution in [1.29, 1.82) is 0 Å². The molecule has 1 atom stereocenters. The minimum atomic E-state index is 0.345. The van der Waals surface area contributed by atoms with E-state index in [1.807, 2.05) is 13.1 Å². The number of halogens is 1. The van der Waals surface area contributed by atoms with Crippen molar-refractivity contribution in [3.05, 3.63) is 56.7 Å². The van der Waals surface area contributed by atoms with E-state index in [9.17, 15) is 0 Å². The van der Waals surface area contributed by atoms with Crippen LogP contribution in [0.4, 0.5) is 0 Å². The Morgan fingerprint density at radius 3 is 2.67 bits per heavy atom. The van der Waals surface area contributed by atoms with Gasteiger partial charge in [0.1, 0.15) is 0 Å². The molecule has 0 aliphatic rings. The third kappa shape index (κ3) is 3.14. The van der Waals surface area contributed by atoms with Gasteiger partial charge in [-0.05, 0) is 49.4 Å². The molecular weight excluding hydrogens is 262 g/mol. The van der Waals surface area contributed by atoms with Crippen molar-refractivity contribution in [2.24, 2.45) is 0 Å². The fourth-order valence-corrected chi connectivity index (χ4v) is 3.49. The van der Waals surface area contributed by atoms with Gasteiger partial charge in [-0.25, -0.2) is 0 Å². The molecule has 0 saturated heterocycles. The van der Waals surface area contributed by atoms with E-state index in [4.69, 9.17) is 11.6 Å². The van der Waals surface area contributed by atoms with Crippen LogP contribution in [0.25, 0.3) is 0 Å². The second-order valence-electron chi connectivity index (χ2n) is 4.44. The molecule has 1 N–H and O–H groups in total. The fraction of sp³-hybridized carbons (Fsp3) is 0.333. The quantitative estimate of drug-likeness (QED) is 0.843. The maximum atomic E-state index is 6.20. The Balaban J connectivity index is 2.05. The summed E-state index contributed by atoms with van der Waals surface area (Å²) in [6.45, 7) is 2.17. The second-order valence-corrected chi connectivity index (χ2v) is 5.79. The van der Waals surface area contributed by atoms with Crippen LogP contribution in [0.15, 0.2) is 35.7 Å². The number of rotatable bonds is 5. The van der Waals surface area contributed by atoms with Gasteiger partial charge in [0.15, 0.2) is 0 Å². The van der Waals surface area contributed by atoms with E-state index in [1.54, 1.807) is 11.3 Å². The van der Waals surface area contributed by atoms with Crippen LogP contribution < -0.4 is 5.32 Å². The van der Waals surface area contributed by atoms with Crippen LogP contribution in [0.1, 0.15) is 28.5 Å². The molecule has 0 spiro atoms. The predicted molar refractivity (Wildman–Crippen MR) is 80.6 cm³/mol. The van der Waals surface area contributed by atoms with E-state index in [-0.39, 0.29) is 0 Å². The summed E-state index contributed by atoms with van der Waals surface area (Å²) in [4.78, 5) is 1.24. The summed E-state index contributed by atoms with van der Waals surface area (Å²) in [6.07, 6.45) is 2.15. The maximum absolute atomic E-state index is 6.20. The summed E-state index contributed by atoms with van der Waals surface area (Å²) < 4.78 is 0. The smallest absolute Gasteiger partial charge is 0.0561 e. The van der Waals surface area contributed by atoms with E-state index >= 15 is 0 Å². The van der Waals surface area contributed by atoms with Gasteiger partial charge in [-0.2, -0.15) is 0 Å². The molecule has 0 radical (unpaired) electrons. The molecule has 1 aromatic carbocycles. The summed E-state index contributed by atoms with van der Waals surface area (Å²) >= 11 is 7.92. The Morgan fingerprint density at radius 1 is 1.28 bits per heavy atom. The number of benzene rings is 1. The molecule has 3 heteroatoms. The molecule has 1 unspecified atom stereocenters. The molecule has 2 aromatic rings. The Labute approximate surface area is 118 Å². The molecule has 18 heavy (non-hydrogen) atoms. The number of hydrogen-bond donors (Lipinski definition) is 1. The van der Waals surface area contributed by atoms with Gasteiger partial charge in [-0.15, -0.1) is 11.3 Å². The van der Waals surface area contributed by atoms with E-state index < -0.39 is 0 Å². The lowest BCUT2D eigenvalue weighted by atomic mass is 10.0. The van der Waals surface area contributed by atoms with Crippen molar-refractivity contribution in [2.75, 3.05) is 7.05 Å². The molecule has 0 fully saturated rings. The minimum Gasteiger partial charge on any atom is -0.312 e. The molecule has 0 bridgehead atoms. The highest BCUT2D eigenvalue weighted by Crippen LogP contribution is 2.31. The lowest BCUT2D eigenvalue weighted by Crippen LogP contribution is -2.16. The minimum absolute atomic E-state index is 0.345. The van der Waals surface area contributed by atoms with E-state index in [1.165, 1.54) is 16.0 Å². The summed E-state index contributed by atoms with van der Waals surface area (Å²) in [7, 11) is 2.00. The zero-order chi connectivity index (χ0) is 13.0. The molecule has 0 aliphatic carbocycles. The first-order valence-corrected chi connectivity index (χ1v) is 7.42. The molecule has 0 amide bonds. The molecule has 1 heterocycles. The highest BCUT2D eigenvalue weighted by molar-refractivity contribution is 7.10. The van der Waals surface area contributed by atoms with Crippen molar-refractivity contribution in [1.82, 2.24) is 5.32 Å². The van der Waals surface area contributed by atoms with Gasteiger partial charge in [0.05, 0.1) is 5.02 Å². The number of aryl methyl sites for hydroxylation is 2. The zero-order valence-electron chi connectivity index (χ0n) is 10.7. The van der Waals surface area contributed by atoms with Crippen LogP contribution in [0.2, 0.25) is 5.02 Å². The average Bonchev–Trinajstić information content (AvgIpc) is 2.79. The molecule has 96 valence electrons. The van der Waals surface area contributed by atoms with Crippen LogP contribution in [0.5, 0.6) is 0 Å². The highest BCUT2D eigenvalue weighted by atomic mass is 35.5. The molecule has 2 rings (SSSR count). The van der Waals surface area contributed by atoms with Gasteiger partial charge in [0.25, 0.3) is 0 Å². The third-order valence-corrected chi connectivity index (χ3v) is 4.75. The second kappa shape index (κ2) is 6.37. The van der Waals surface area contributed by atoms with Crippen molar-refractivity contribution < 1.29 is 0 Å². The predicted octanol–water partition coefficient (Wildman–Crippen LogP) is 4.60. The Bertz CT molecular complexity index is 507. The van der Waals surface area contributed by atoms with Crippen molar-refractivity contribution in [3.8, 4) is 0 Å². The first-order valence-electron chi connectivity index (χ1n) is 6.17. The topological polar surface area (TPSA) is 12.0 Å². The Hall–Kier alpha value is -0.830. The van der Waals surface area contributed by atoms with Gasteiger partial charge in [-0.3, -0.25) is 0 Å². The van der Waals surface area contributed by atoms with Gasteiger partial charge in [-0.1, -0.05) is 35.9 Å². The Morgan fingerprint density at radius 2 is 2.06 bits per heavy atom. The zero-order valence-corrected chi connectivity index (χ0v) is 12.3. The van der Waals surface area contributed by atoms with Crippen LogP contribution in [-0.2, 0) is 6.42 Å². The molecule has 1 nitrogen and oxygen atoms in total. The number of nitrogens with one attached hydrogen (secondary N) is 1. The van der Waals surface area contributed by atoms with Gasteiger partial charge >= 0.3 is 0 Å². The molecule has 1 aromatic heterocycles. The van der Waals surface area contributed by atoms with Crippen LogP contribution in [0.3, 0.4) is 0 Å². The first-order chi connectivity index (χ1) is 8.72. The summed E-state index contributed by atoms with van der Waals surface area (Å²) in [5.41, 5.74) is 2.79. The van der Waals surface area contributed by atoms with Crippen LogP contribution in [-0.4, -0.2) is 7.05 Å². The standard InChI is InChI=1S/C15H18ClNS/c1-11-5-3-4-6-12(11)7-8-14(17-2)15-13(16)9-10-18-15/h3-6,9-10,14,17H,7-8H2,1-2H3. The SMILES string of the molecule is CNC(CCc1ccccc1C)c1sccc1Cl. The summed E-state index contributed by atoms with van der Waals surface area (Å²) in [6, 6.07) is 10.9. The summed E-state index contributed by atoms with van der Waals surface area (Å²) in [5, 5.41) is 6.29. The molecule has 0 aliphatic heterocycles. The van der Waals surface area contributed by atoms with Crippen molar-refractivity contribution in [2.45, 2.75) is 25.8 Å². The average molecular weight is 280 g/mol. The first kappa shape index (κ1) is 13.6. The van der Waals surface area contributed by atoms with E-state index in [0.29, 0.717) is 6.04 Å². The van der Waals surface area contributed by atoms with Gasteiger partial charge < -0.3 is 5.32 Å². The third-order valence-electron chi connectivity index (χ3n) is 3.27. The summed E-state index contributed by atoms with van der Waals surface area (Å²) in [5.74, 6) is 0. The monoisotopic (exact) mass is 279 g/mol. The molecular formula is C15H18ClNS. The normalized spacial score (nSPS) is 12.6. The van der Waals surface area contributed by atoms with E-state index in [2.05, 4.69) is 41.9 Å². The van der Waals surface area contributed by atoms with Gasteiger partial charge in [0.2, 0.25) is 0 Å². The largest absolute Gasteiger partial charge is 0.312 e. The highest BCUT2D eigenvalue weighted by Gasteiger charge is 2.14. The van der Waals surface area contributed by atoms with E-state index in [0.717, 1.165) is 17.9 Å². The maximum Gasteiger partial charge on any atom is 0.0561 e. The van der Waals surface area contributed by atoms with Crippen LogP contribution >= 0.6 is 22.9 Å². The van der Waals surface area contributed by atoms with Crippen molar-refractivity contribution in [3.63, 3.8) is 0 Å². The number of hydrogen-bond acceptors (Lipinski definition) is 2. The fourth-order valence-electron chi connectivity index (χ4n) is 2.15. The Kier molecular flexibility index (Phi) is 4.81. The van der Waals surface area contributed by atoms with Crippen LogP contribution in [0, 0.1) is 6.92 Å². The number of thiophene rings is 1. The van der Waals surface area contributed by atoms with Crippen molar-refractivity contribution >= 4 is 22.9 Å². The van der Waals surface area contributed by atoms with Gasteiger partial charge in [0, 0.05) is 10.9 Å². The lowest BCUT2D eigenvalue weighted by molar-refractivity contribution is 0.557. The molecule has 0 saturated carbocycles.